The minimum absolute atomic E-state index is 0.218. The van der Waals surface area contributed by atoms with Gasteiger partial charge in [-0.2, -0.15) is 0 Å². The van der Waals surface area contributed by atoms with Crippen LogP contribution in [0.4, 0.5) is 5.69 Å². The smallest absolute Gasteiger partial charge is 0.353 e. The van der Waals surface area contributed by atoms with Crippen LogP contribution < -0.4 is 19.9 Å². The second kappa shape index (κ2) is 10.4. The van der Waals surface area contributed by atoms with E-state index in [1.807, 2.05) is 30.3 Å². The number of rotatable bonds is 6. The van der Waals surface area contributed by atoms with Crippen molar-refractivity contribution in [1.82, 2.24) is 9.36 Å². The molecule has 0 radical (unpaired) electrons. The Hall–Kier alpha value is -3.93. The van der Waals surface area contributed by atoms with Crippen molar-refractivity contribution in [3.63, 3.8) is 0 Å². The number of thiocarbonyl (C=S) groups is 1. The molecule has 1 aliphatic heterocycles. The van der Waals surface area contributed by atoms with Crippen molar-refractivity contribution in [3.8, 4) is 17.2 Å². The second-order valence-corrected chi connectivity index (χ2v) is 10.8. The van der Waals surface area contributed by atoms with Gasteiger partial charge in [0, 0.05) is 7.05 Å². The summed E-state index contributed by atoms with van der Waals surface area (Å²) < 4.78 is 14.4. The Balaban J connectivity index is 1.45. The van der Waals surface area contributed by atoms with E-state index in [0.29, 0.717) is 32.5 Å². The van der Waals surface area contributed by atoms with Gasteiger partial charge >= 0.3 is 5.97 Å². The second-order valence-electron chi connectivity index (χ2n) is 8.20. The first-order valence-corrected chi connectivity index (χ1v) is 13.5. The van der Waals surface area contributed by atoms with Gasteiger partial charge in [-0.05, 0) is 54.3 Å². The van der Waals surface area contributed by atoms with Crippen molar-refractivity contribution in [1.29, 1.82) is 0 Å². The molecule has 38 heavy (non-hydrogen) atoms. The molecular weight excluding hydrogens is 543 g/mol. The van der Waals surface area contributed by atoms with Gasteiger partial charge in [-0.3, -0.25) is 19.2 Å². The number of nitrogens with zero attached hydrogens (tertiary/aromatic N) is 3. The molecule has 0 atom stereocenters. The number of benzene rings is 2. The molecule has 8 nitrogen and oxygen atoms in total. The van der Waals surface area contributed by atoms with Gasteiger partial charge in [-0.1, -0.05) is 54.3 Å². The molecule has 3 heterocycles. The molecule has 2 aromatic heterocycles. The number of aromatic nitrogens is 2. The number of esters is 1. The van der Waals surface area contributed by atoms with Crippen LogP contribution in [0.1, 0.15) is 20.9 Å². The highest BCUT2D eigenvalue weighted by Gasteiger charge is 2.37. The highest BCUT2D eigenvalue weighted by atomic mass is 32.2. The zero-order valence-electron chi connectivity index (χ0n) is 20.5. The third-order valence-corrected chi connectivity index (χ3v) is 8.10. The van der Waals surface area contributed by atoms with Crippen LogP contribution in [0.5, 0.6) is 11.5 Å². The number of ether oxygens (including phenoxy) is 2. The molecule has 2 aromatic carbocycles. The molecule has 5 rings (SSSR count). The first-order chi connectivity index (χ1) is 18.3. The molecule has 1 fully saturated rings. The van der Waals surface area contributed by atoms with E-state index in [-0.39, 0.29) is 21.3 Å². The number of thiophene rings is 1. The molecule has 0 unspecified atom stereocenters. The predicted octanol–water partition coefficient (Wildman–Crippen LogP) is 5.18. The van der Waals surface area contributed by atoms with E-state index in [9.17, 15) is 14.4 Å². The number of hydrogen-bond donors (Lipinski definition) is 0. The zero-order valence-corrected chi connectivity index (χ0v) is 23.0. The maximum atomic E-state index is 13.5. The molecule has 1 amide bonds. The maximum absolute atomic E-state index is 13.5. The van der Waals surface area contributed by atoms with Crippen LogP contribution in [0.2, 0.25) is 0 Å². The normalized spacial score (nSPS) is 14.4. The maximum Gasteiger partial charge on any atom is 0.353 e. The fourth-order valence-corrected chi connectivity index (χ4v) is 5.90. The molecule has 0 bridgehead atoms. The average Bonchev–Trinajstić information content (AvgIpc) is 3.60. The third kappa shape index (κ3) is 4.60. The van der Waals surface area contributed by atoms with Crippen LogP contribution >= 0.6 is 35.3 Å². The predicted molar refractivity (Wildman–Crippen MR) is 154 cm³/mol. The fourth-order valence-electron chi connectivity index (χ4n) is 4.03. The molecule has 1 saturated heterocycles. The zero-order chi connectivity index (χ0) is 27.0. The molecule has 0 spiro atoms. The van der Waals surface area contributed by atoms with Crippen molar-refractivity contribution in [2.45, 2.75) is 6.92 Å². The summed E-state index contributed by atoms with van der Waals surface area (Å²) in [6.07, 6.45) is 1.67. The number of amides is 1. The minimum Gasteiger partial charge on any atom is -0.493 e. The van der Waals surface area contributed by atoms with Crippen molar-refractivity contribution < 1.29 is 19.1 Å². The van der Waals surface area contributed by atoms with Crippen molar-refractivity contribution in [2.24, 2.45) is 7.05 Å². The van der Waals surface area contributed by atoms with E-state index in [1.165, 1.54) is 28.0 Å². The number of thioether (sulfide) groups is 1. The molecule has 4 aromatic rings. The Morgan fingerprint density at radius 1 is 1.03 bits per heavy atom. The Morgan fingerprint density at radius 2 is 1.79 bits per heavy atom. The van der Waals surface area contributed by atoms with Gasteiger partial charge in [0.1, 0.15) is 10.6 Å². The largest absolute Gasteiger partial charge is 0.493 e. The monoisotopic (exact) mass is 563 g/mol. The van der Waals surface area contributed by atoms with Crippen LogP contribution in [0, 0.1) is 6.92 Å². The molecule has 1 aliphatic rings. The fraction of sp³-hybridized carbons (Fsp3) is 0.111. The quantitative estimate of drug-likeness (QED) is 0.138. The average molecular weight is 564 g/mol. The van der Waals surface area contributed by atoms with Crippen LogP contribution in [-0.4, -0.2) is 32.7 Å². The van der Waals surface area contributed by atoms with Crippen LogP contribution in [0.15, 0.2) is 75.7 Å². The van der Waals surface area contributed by atoms with E-state index >= 15 is 0 Å². The number of para-hydroxylation sites is 1. The van der Waals surface area contributed by atoms with Gasteiger partial charge in [0.15, 0.2) is 15.8 Å². The first kappa shape index (κ1) is 25.7. The first-order valence-electron chi connectivity index (χ1n) is 11.4. The van der Waals surface area contributed by atoms with Crippen LogP contribution in [0.3, 0.4) is 0 Å². The topological polar surface area (TPSA) is 82.8 Å². The summed E-state index contributed by atoms with van der Waals surface area (Å²) in [4.78, 5) is 41.4. The standard InChI is InChI=1S/C27H21N3O5S3/c1-16-23(25(32)30(28(16)2)18-8-5-4-6-9-18)29-24(31)22(38-27(29)36)15-17-11-12-19(20(14-17)34-3)35-26(33)21-10-7-13-37-21/h4-15H,1-3H3. The third-order valence-electron chi connectivity index (χ3n) is 5.95. The van der Waals surface area contributed by atoms with Crippen molar-refractivity contribution in [3.05, 3.63) is 97.4 Å². The molecular formula is C27H21N3O5S3. The van der Waals surface area contributed by atoms with Gasteiger partial charge < -0.3 is 9.47 Å². The summed E-state index contributed by atoms with van der Waals surface area (Å²) >= 11 is 7.92. The summed E-state index contributed by atoms with van der Waals surface area (Å²) in [6, 6.07) is 17.6. The van der Waals surface area contributed by atoms with Gasteiger partial charge in [-0.25, -0.2) is 9.48 Å². The van der Waals surface area contributed by atoms with Crippen molar-refractivity contribution in [2.75, 3.05) is 12.0 Å². The minimum atomic E-state index is -0.480. The summed E-state index contributed by atoms with van der Waals surface area (Å²) in [5.74, 6) is -0.273. The number of carbonyl (C=O) groups excluding carboxylic acids is 2. The lowest BCUT2D eigenvalue weighted by molar-refractivity contribution is -0.113. The van der Waals surface area contributed by atoms with E-state index in [1.54, 1.807) is 60.4 Å². The van der Waals surface area contributed by atoms with Crippen LogP contribution in [0.25, 0.3) is 11.8 Å². The molecule has 0 N–H and O–H groups in total. The number of methoxy groups -OCH3 is 1. The SMILES string of the molecule is COc1cc(C=C2SC(=S)N(c3c(C)n(C)n(-c4ccccc4)c3=O)C2=O)ccc1OC(=O)c1cccs1. The van der Waals surface area contributed by atoms with Gasteiger partial charge in [0.2, 0.25) is 0 Å². The van der Waals surface area contributed by atoms with Gasteiger partial charge in [0.25, 0.3) is 11.5 Å². The summed E-state index contributed by atoms with van der Waals surface area (Å²) in [5.41, 5.74) is 1.81. The Bertz CT molecular complexity index is 1650. The summed E-state index contributed by atoms with van der Waals surface area (Å²) in [5, 5.41) is 1.79. The Morgan fingerprint density at radius 3 is 2.47 bits per heavy atom. The van der Waals surface area contributed by atoms with Crippen molar-refractivity contribution >= 4 is 63.3 Å². The summed E-state index contributed by atoms with van der Waals surface area (Å²) in [7, 11) is 3.23. The lowest BCUT2D eigenvalue weighted by atomic mass is 10.2. The highest BCUT2D eigenvalue weighted by Crippen LogP contribution is 2.37. The van der Waals surface area contributed by atoms with Crippen LogP contribution in [-0.2, 0) is 11.8 Å². The molecule has 192 valence electrons. The molecule has 11 heteroatoms. The lowest BCUT2D eigenvalue weighted by Gasteiger charge is -2.12. The van der Waals surface area contributed by atoms with Gasteiger partial charge in [-0.15, -0.1) is 11.3 Å². The lowest BCUT2D eigenvalue weighted by Crippen LogP contribution is -2.33. The number of hydrogen-bond acceptors (Lipinski definition) is 8. The van der Waals surface area contributed by atoms with E-state index in [0.717, 1.165) is 11.8 Å². The Kier molecular flexibility index (Phi) is 7.06. The van der Waals surface area contributed by atoms with E-state index < -0.39 is 11.9 Å². The van der Waals surface area contributed by atoms with Gasteiger partial charge in [0.05, 0.1) is 23.4 Å². The number of carbonyl (C=O) groups is 2. The van der Waals surface area contributed by atoms with E-state index in [2.05, 4.69) is 0 Å². The van der Waals surface area contributed by atoms with E-state index in [4.69, 9.17) is 21.7 Å². The molecule has 0 aliphatic carbocycles. The number of anilines is 1. The summed E-state index contributed by atoms with van der Waals surface area (Å²) in [6.45, 7) is 1.78. The highest BCUT2D eigenvalue weighted by molar-refractivity contribution is 8.27. The Labute approximate surface area is 231 Å². The molecule has 0 saturated carbocycles.